The minimum atomic E-state index is -4.62. The molecule has 0 spiro atoms. The van der Waals surface area contributed by atoms with Gasteiger partial charge in [-0.1, -0.05) is 23.7 Å². The maximum atomic E-state index is 12.5. The molecule has 0 aliphatic heterocycles. The average molecular weight is 368 g/mol. The van der Waals surface area contributed by atoms with E-state index in [0.717, 1.165) is 24.3 Å². The van der Waals surface area contributed by atoms with E-state index in [9.17, 15) is 31.1 Å². The van der Waals surface area contributed by atoms with Gasteiger partial charge in [0.25, 0.3) is 0 Å². The highest BCUT2D eigenvalue weighted by molar-refractivity contribution is 6.31. The molecule has 128 valence electrons. The van der Waals surface area contributed by atoms with Crippen LogP contribution in [0.4, 0.5) is 26.3 Å². The predicted molar refractivity (Wildman–Crippen MR) is 73.7 cm³/mol. The summed E-state index contributed by atoms with van der Waals surface area (Å²) in [6.45, 7) is 0. The van der Waals surface area contributed by atoms with Crippen LogP contribution in [0.25, 0.3) is 0 Å². The van der Waals surface area contributed by atoms with E-state index in [1.165, 1.54) is 0 Å². The minimum Gasteiger partial charge on any atom is -0.294 e. The maximum Gasteiger partial charge on any atom is 0.417 e. The predicted octanol–water partition coefficient (Wildman–Crippen LogP) is 5.20. The standard InChI is InChI=1S/C15H8ClF6NO/c16-11-5-10(15(20,21)22)7-23-12(11)6-13(24)8-1-3-9(4-2-8)14(17,18)19/h1-5,7H,6H2. The highest BCUT2D eigenvalue weighted by atomic mass is 35.5. The van der Waals surface area contributed by atoms with Crippen molar-refractivity contribution in [2.75, 3.05) is 0 Å². The van der Waals surface area contributed by atoms with Crippen molar-refractivity contribution in [3.05, 3.63) is 63.9 Å². The molecule has 0 bridgehead atoms. The van der Waals surface area contributed by atoms with Crippen LogP contribution in [0.2, 0.25) is 5.02 Å². The number of hydrogen-bond donors (Lipinski definition) is 0. The van der Waals surface area contributed by atoms with Gasteiger partial charge in [-0.15, -0.1) is 0 Å². The molecule has 2 rings (SSSR count). The first-order chi connectivity index (χ1) is 11.0. The Labute approximate surface area is 137 Å². The Morgan fingerprint density at radius 1 is 0.958 bits per heavy atom. The Bertz CT molecular complexity index is 752. The summed E-state index contributed by atoms with van der Waals surface area (Å²) in [4.78, 5) is 15.5. The van der Waals surface area contributed by atoms with Crippen molar-refractivity contribution in [3.63, 3.8) is 0 Å². The monoisotopic (exact) mass is 367 g/mol. The molecule has 2 nitrogen and oxygen atoms in total. The zero-order valence-corrected chi connectivity index (χ0v) is 12.4. The molecular weight excluding hydrogens is 360 g/mol. The SMILES string of the molecule is O=C(Cc1ncc(C(F)(F)F)cc1Cl)c1ccc(C(F)(F)F)cc1. The summed E-state index contributed by atoms with van der Waals surface area (Å²) in [7, 11) is 0. The van der Waals surface area contributed by atoms with Crippen molar-refractivity contribution in [2.24, 2.45) is 0 Å². The fourth-order valence-electron chi connectivity index (χ4n) is 1.85. The first-order valence-electron chi connectivity index (χ1n) is 6.40. The van der Waals surface area contributed by atoms with Gasteiger partial charge in [-0.2, -0.15) is 26.3 Å². The maximum absolute atomic E-state index is 12.5. The van der Waals surface area contributed by atoms with Gasteiger partial charge < -0.3 is 0 Å². The fourth-order valence-corrected chi connectivity index (χ4v) is 2.08. The smallest absolute Gasteiger partial charge is 0.294 e. The van der Waals surface area contributed by atoms with Crippen molar-refractivity contribution >= 4 is 17.4 Å². The van der Waals surface area contributed by atoms with Crippen LogP contribution in [0.15, 0.2) is 36.5 Å². The summed E-state index contributed by atoms with van der Waals surface area (Å²) < 4.78 is 74.9. The van der Waals surface area contributed by atoms with Crippen molar-refractivity contribution in [1.29, 1.82) is 0 Å². The number of Topliss-reactive ketones (excluding diaryl/α,β-unsaturated/α-hetero) is 1. The lowest BCUT2D eigenvalue weighted by atomic mass is 10.0. The second kappa shape index (κ2) is 6.43. The van der Waals surface area contributed by atoms with Crippen LogP contribution in [-0.2, 0) is 18.8 Å². The molecule has 0 aliphatic carbocycles. The lowest BCUT2D eigenvalue weighted by Gasteiger charge is -2.09. The summed E-state index contributed by atoms with van der Waals surface area (Å²) in [5.41, 5.74) is -2.08. The summed E-state index contributed by atoms with van der Waals surface area (Å²) >= 11 is 5.69. The van der Waals surface area contributed by atoms with Crippen LogP contribution in [0.5, 0.6) is 0 Å². The lowest BCUT2D eigenvalue weighted by molar-refractivity contribution is -0.138. The van der Waals surface area contributed by atoms with Gasteiger partial charge in [0.1, 0.15) is 0 Å². The minimum absolute atomic E-state index is 0.0271. The average Bonchev–Trinajstić information content (AvgIpc) is 2.47. The molecule has 24 heavy (non-hydrogen) atoms. The number of alkyl halides is 6. The third-order valence-electron chi connectivity index (χ3n) is 3.11. The summed E-state index contributed by atoms with van der Waals surface area (Å²) in [6, 6.07) is 4.11. The van der Waals surface area contributed by atoms with Crippen LogP contribution in [0, 0.1) is 0 Å². The van der Waals surface area contributed by atoms with E-state index in [2.05, 4.69) is 4.98 Å². The van der Waals surface area contributed by atoms with Gasteiger partial charge in [-0.3, -0.25) is 9.78 Å². The number of carbonyl (C=O) groups excluding carboxylic acids is 1. The topological polar surface area (TPSA) is 30.0 Å². The van der Waals surface area contributed by atoms with Crippen molar-refractivity contribution in [3.8, 4) is 0 Å². The van der Waals surface area contributed by atoms with Gasteiger partial charge in [-0.25, -0.2) is 0 Å². The Hall–Kier alpha value is -2.09. The Morgan fingerprint density at radius 2 is 1.50 bits per heavy atom. The Morgan fingerprint density at radius 3 is 1.96 bits per heavy atom. The van der Waals surface area contributed by atoms with Crippen LogP contribution in [-0.4, -0.2) is 10.8 Å². The number of hydrogen-bond acceptors (Lipinski definition) is 2. The van der Waals surface area contributed by atoms with Gasteiger partial charge in [0.05, 0.1) is 28.3 Å². The summed E-state index contributed by atoms with van der Waals surface area (Å²) in [5.74, 6) is -0.613. The number of aromatic nitrogens is 1. The van der Waals surface area contributed by atoms with Crippen molar-refractivity contribution in [2.45, 2.75) is 18.8 Å². The first kappa shape index (κ1) is 18.3. The van der Waals surface area contributed by atoms with E-state index in [1.54, 1.807) is 0 Å². The molecular formula is C15H8ClF6NO. The van der Waals surface area contributed by atoms with E-state index in [4.69, 9.17) is 11.6 Å². The molecule has 1 heterocycles. The first-order valence-corrected chi connectivity index (χ1v) is 6.78. The molecule has 0 atom stereocenters. The van der Waals surface area contributed by atoms with Crippen LogP contribution < -0.4 is 0 Å². The van der Waals surface area contributed by atoms with E-state index in [1.807, 2.05) is 0 Å². The molecule has 1 aromatic heterocycles. The number of halogens is 7. The van der Waals surface area contributed by atoms with Gasteiger partial charge in [-0.05, 0) is 18.2 Å². The van der Waals surface area contributed by atoms with Crippen molar-refractivity contribution in [1.82, 2.24) is 4.98 Å². The molecule has 0 unspecified atom stereocenters. The number of ketones is 1. The molecule has 0 fully saturated rings. The number of rotatable bonds is 3. The fraction of sp³-hybridized carbons (Fsp3) is 0.200. The normalized spacial score (nSPS) is 12.3. The van der Waals surface area contributed by atoms with E-state index in [-0.39, 0.29) is 16.3 Å². The molecule has 9 heteroatoms. The number of pyridine rings is 1. The second-order valence-corrected chi connectivity index (χ2v) is 5.23. The molecule has 2 aromatic rings. The second-order valence-electron chi connectivity index (χ2n) is 4.83. The summed E-state index contributed by atoms with van der Waals surface area (Å²) in [5, 5.41) is -0.343. The zero-order valence-electron chi connectivity index (χ0n) is 11.7. The Balaban J connectivity index is 2.18. The lowest BCUT2D eigenvalue weighted by Crippen LogP contribution is -2.10. The molecule has 0 radical (unpaired) electrons. The van der Waals surface area contributed by atoms with Gasteiger partial charge in [0, 0.05) is 11.8 Å². The molecule has 1 aromatic carbocycles. The van der Waals surface area contributed by atoms with E-state index < -0.39 is 35.7 Å². The van der Waals surface area contributed by atoms with E-state index in [0.29, 0.717) is 12.3 Å². The molecule has 0 aliphatic rings. The summed E-state index contributed by atoms with van der Waals surface area (Å²) in [6.07, 6.45) is -9.03. The number of carbonyl (C=O) groups is 1. The van der Waals surface area contributed by atoms with Crippen LogP contribution in [0.1, 0.15) is 27.2 Å². The Kier molecular flexibility index (Phi) is 4.89. The van der Waals surface area contributed by atoms with E-state index >= 15 is 0 Å². The molecule has 0 saturated carbocycles. The largest absolute Gasteiger partial charge is 0.417 e. The third-order valence-corrected chi connectivity index (χ3v) is 3.43. The van der Waals surface area contributed by atoms with Gasteiger partial charge in [0.2, 0.25) is 0 Å². The highest BCUT2D eigenvalue weighted by Crippen LogP contribution is 2.32. The highest BCUT2D eigenvalue weighted by Gasteiger charge is 2.32. The third kappa shape index (κ3) is 4.25. The molecule has 0 amide bonds. The number of nitrogens with zero attached hydrogens (tertiary/aromatic N) is 1. The van der Waals surface area contributed by atoms with Crippen LogP contribution in [0.3, 0.4) is 0 Å². The zero-order chi connectivity index (χ0) is 18.1. The number of benzene rings is 1. The van der Waals surface area contributed by atoms with Gasteiger partial charge >= 0.3 is 12.4 Å². The molecule has 0 saturated heterocycles. The van der Waals surface area contributed by atoms with Crippen LogP contribution >= 0.6 is 11.6 Å². The quantitative estimate of drug-likeness (QED) is 0.551. The molecule has 0 N–H and O–H groups in total. The van der Waals surface area contributed by atoms with Gasteiger partial charge in [0.15, 0.2) is 5.78 Å². The van der Waals surface area contributed by atoms with Crippen molar-refractivity contribution < 1.29 is 31.1 Å².